The summed E-state index contributed by atoms with van der Waals surface area (Å²) in [6.45, 7) is 21.4. The van der Waals surface area contributed by atoms with Crippen LogP contribution >= 0.6 is 0 Å². The summed E-state index contributed by atoms with van der Waals surface area (Å²) in [5.41, 5.74) is 5.79. The second-order valence-electron chi connectivity index (χ2n) is 18.0. The summed E-state index contributed by atoms with van der Waals surface area (Å²) in [6.07, 6.45) is 0.286. The number of amides is 1. The summed E-state index contributed by atoms with van der Waals surface area (Å²) in [6, 6.07) is 6.51. The minimum absolute atomic E-state index is 0.00266. The zero-order valence-corrected chi connectivity index (χ0v) is 35.6. The Bertz CT molecular complexity index is 2210. The van der Waals surface area contributed by atoms with Crippen molar-refractivity contribution >= 4 is 35.8 Å². The molecule has 1 N–H and O–H groups in total. The van der Waals surface area contributed by atoms with Crippen molar-refractivity contribution in [3.63, 3.8) is 0 Å². The maximum Gasteiger partial charge on any atom is 0.410 e. The van der Waals surface area contributed by atoms with Gasteiger partial charge in [-0.3, -0.25) is 4.68 Å². The maximum absolute atomic E-state index is 17.7. The van der Waals surface area contributed by atoms with Gasteiger partial charge < -0.3 is 24.2 Å². The number of aliphatic hydroxyl groups excluding tert-OH is 1. The molecule has 12 heteroatoms. The van der Waals surface area contributed by atoms with Crippen molar-refractivity contribution < 1.29 is 32.9 Å². The number of fused-ring (bicyclic) bond motifs is 3. The minimum Gasteiger partial charge on any atom is -0.468 e. The van der Waals surface area contributed by atoms with Crippen LogP contribution in [0.3, 0.4) is 0 Å². The first-order chi connectivity index (χ1) is 26.4. The number of hydrogen-bond acceptors (Lipinski definition) is 7. The van der Waals surface area contributed by atoms with Crippen molar-refractivity contribution in [1.82, 2.24) is 19.7 Å². The van der Waals surface area contributed by atoms with Gasteiger partial charge in [-0.25, -0.2) is 18.6 Å². The van der Waals surface area contributed by atoms with Crippen LogP contribution in [0.2, 0.25) is 16.6 Å². The zero-order valence-electron chi connectivity index (χ0n) is 34.6. The summed E-state index contributed by atoms with van der Waals surface area (Å²) in [5.74, 6) is 2.89. The standard InChI is InChI=1S/C44H56F2N4O5Si/c1-23(2)56(24(3)4,25(5)6)17-16-30-34(45)15-12-27-18-29(54-22-53-11)19-31(35(27)30)40-38(46)42-37(39(47-40)26(7)51)41(48-50(42)28-13-14-28)36-32-20-49(21-33(32)36)43(52)55-44(8,9)10/h12,15,18-19,23-26,28,32-33,36,51H,13-14,20-22H2,1-11H3/t26?,32-,33+,36?. The van der Waals surface area contributed by atoms with Gasteiger partial charge >= 0.3 is 6.09 Å². The van der Waals surface area contributed by atoms with E-state index >= 15 is 8.78 Å². The van der Waals surface area contributed by atoms with E-state index in [-0.39, 0.29) is 53.5 Å². The van der Waals surface area contributed by atoms with Crippen molar-refractivity contribution in [2.24, 2.45) is 11.8 Å². The van der Waals surface area contributed by atoms with Crippen molar-refractivity contribution in [2.75, 3.05) is 27.0 Å². The Kier molecular flexibility index (Phi) is 10.5. The molecule has 1 amide bonds. The lowest BCUT2D eigenvalue weighted by atomic mass is 9.94. The largest absolute Gasteiger partial charge is 0.468 e. The molecule has 3 fully saturated rings. The van der Waals surface area contributed by atoms with Gasteiger partial charge in [-0.05, 0) is 92.6 Å². The Balaban J connectivity index is 1.43. The van der Waals surface area contributed by atoms with E-state index in [2.05, 4.69) is 53.0 Å². The molecule has 7 rings (SSSR count). The summed E-state index contributed by atoms with van der Waals surface area (Å²) in [7, 11) is -0.778. The Hall–Kier alpha value is -4.05. The van der Waals surface area contributed by atoms with E-state index in [1.54, 1.807) is 34.7 Å². The van der Waals surface area contributed by atoms with E-state index in [0.717, 1.165) is 12.8 Å². The fourth-order valence-electron chi connectivity index (χ4n) is 9.49. The lowest BCUT2D eigenvalue weighted by Gasteiger charge is -2.38. The number of aliphatic hydroxyl groups is 1. The molecule has 2 unspecified atom stereocenters. The molecule has 2 aliphatic carbocycles. The third-order valence-electron chi connectivity index (χ3n) is 12.2. The SMILES string of the molecule is COCOc1cc(-c2nc(C(C)O)c3c(C4[C@H]5CN(C(=O)OC(C)(C)C)C[C@@H]45)nn(C4CC4)c3c2F)c2c(C#C[Si](C(C)C)(C(C)C)C(C)C)c(F)ccc2c1. The van der Waals surface area contributed by atoms with Gasteiger partial charge in [0.15, 0.2) is 12.6 Å². The zero-order chi connectivity index (χ0) is 40.6. The van der Waals surface area contributed by atoms with Gasteiger partial charge in [0.25, 0.3) is 0 Å². The average Bonchev–Trinajstić information content (AvgIpc) is 3.99. The lowest BCUT2D eigenvalue weighted by Crippen LogP contribution is -2.43. The van der Waals surface area contributed by atoms with E-state index in [1.165, 1.54) is 13.2 Å². The number of benzene rings is 2. The molecule has 9 nitrogen and oxygen atoms in total. The molecule has 1 saturated heterocycles. The molecule has 4 aromatic rings. The molecule has 2 saturated carbocycles. The number of nitrogens with zero attached hydrogens (tertiary/aromatic N) is 4. The van der Waals surface area contributed by atoms with Gasteiger partial charge in [-0.1, -0.05) is 53.5 Å². The van der Waals surface area contributed by atoms with Gasteiger partial charge in [0.2, 0.25) is 0 Å². The third kappa shape index (κ3) is 6.98. The Labute approximate surface area is 330 Å². The highest BCUT2D eigenvalue weighted by Gasteiger charge is 2.60. The van der Waals surface area contributed by atoms with Gasteiger partial charge in [0.05, 0.1) is 34.5 Å². The van der Waals surface area contributed by atoms with Crippen LogP contribution in [0.4, 0.5) is 13.6 Å². The van der Waals surface area contributed by atoms with Crippen LogP contribution in [0.5, 0.6) is 5.75 Å². The summed E-state index contributed by atoms with van der Waals surface area (Å²) in [4.78, 5) is 19.6. The number of hydrogen-bond donors (Lipinski definition) is 1. The van der Waals surface area contributed by atoms with E-state index in [1.807, 2.05) is 20.8 Å². The quantitative estimate of drug-likeness (QED) is 0.0971. The first kappa shape index (κ1) is 40.2. The number of piperidine rings is 1. The fourth-order valence-corrected chi connectivity index (χ4v) is 14.7. The number of carbonyl (C=O) groups excluding carboxylic acids is 1. The number of carbonyl (C=O) groups is 1. The fraction of sp³-hybridized carbons (Fsp3) is 0.568. The molecule has 56 heavy (non-hydrogen) atoms. The van der Waals surface area contributed by atoms with Crippen molar-refractivity contribution in [3.8, 4) is 28.5 Å². The van der Waals surface area contributed by atoms with Crippen LogP contribution in [0.15, 0.2) is 24.3 Å². The average molecular weight is 787 g/mol. The summed E-state index contributed by atoms with van der Waals surface area (Å²) in [5, 5.41) is 18.1. The molecule has 3 aliphatic rings. The Morgan fingerprint density at radius 2 is 1.64 bits per heavy atom. The number of methoxy groups -OCH3 is 1. The van der Waals surface area contributed by atoms with Crippen LogP contribution in [-0.4, -0.2) is 71.5 Å². The highest BCUT2D eigenvalue weighted by molar-refractivity contribution is 6.90. The smallest absolute Gasteiger partial charge is 0.410 e. The molecular formula is C44H56F2N4O5Si. The molecule has 4 atom stereocenters. The molecule has 0 radical (unpaired) electrons. The van der Waals surface area contributed by atoms with Gasteiger partial charge in [0, 0.05) is 37.1 Å². The molecule has 1 aliphatic heterocycles. The number of ether oxygens (including phenoxy) is 3. The van der Waals surface area contributed by atoms with Crippen LogP contribution in [0.25, 0.3) is 32.9 Å². The van der Waals surface area contributed by atoms with Gasteiger partial charge in [-0.2, -0.15) is 5.10 Å². The second-order valence-corrected chi connectivity index (χ2v) is 23.6. The highest BCUT2D eigenvalue weighted by atomic mass is 28.3. The van der Waals surface area contributed by atoms with E-state index < -0.39 is 31.4 Å². The molecule has 0 bridgehead atoms. The van der Waals surface area contributed by atoms with Crippen molar-refractivity contribution in [3.05, 3.63) is 52.9 Å². The van der Waals surface area contributed by atoms with Crippen LogP contribution < -0.4 is 4.74 Å². The highest BCUT2D eigenvalue weighted by Crippen LogP contribution is 2.60. The van der Waals surface area contributed by atoms with E-state index in [0.29, 0.717) is 68.6 Å². The van der Waals surface area contributed by atoms with Crippen LogP contribution in [-0.2, 0) is 9.47 Å². The first-order valence-corrected chi connectivity index (χ1v) is 22.3. The predicted molar refractivity (Wildman–Crippen MR) is 217 cm³/mol. The molecule has 0 spiro atoms. The number of likely N-dealkylation sites (tertiary alicyclic amines) is 1. The predicted octanol–water partition coefficient (Wildman–Crippen LogP) is 10.1. The van der Waals surface area contributed by atoms with Gasteiger partial charge in [-0.15, -0.1) is 5.54 Å². The summed E-state index contributed by atoms with van der Waals surface area (Å²) >= 11 is 0. The number of rotatable bonds is 10. The summed E-state index contributed by atoms with van der Waals surface area (Å²) < 4.78 is 52.5. The second kappa shape index (κ2) is 14.7. The topological polar surface area (TPSA) is 98.9 Å². The Morgan fingerprint density at radius 1 is 1.00 bits per heavy atom. The lowest BCUT2D eigenvalue weighted by molar-refractivity contribution is 0.0270. The Morgan fingerprint density at radius 3 is 2.20 bits per heavy atom. The van der Waals surface area contributed by atoms with E-state index in [9.17, 15) is 9.90 Å². The van der Waals surface area contributed by atoms with Crippen LogP contribution in [0, 0.1) is 34.9 Å². The minimum atomic E-state index is -2.30. The normalized spacial score (nSPS) is 20.2. The number of halogens is 2. The van der Waals surface area contributed by atoms with Gasteiger partial charge in [0.1, 0.15) is 36.5 Å². The van der Waals surface area contributed by atoms with E-state index in [4.69, 9.17) is 24.3 Å². The van der Waals surface area contributed by atoms with Crippen molar-refractivity contribution in [1.29, 1.82) is 0 Å². The third-order valence-corrected chi connectivity index (χ3v) is 18.5. The molecule has 2 aromatic carbocycles. The molecule has 3 heterocycles. The first-order valence-electron chi connectivity index (χ1n) is 20.1. The number of aromatic nitrogens is 3. The van der Waals surface area contributed by atoms with Crippen molar-refractivity contribution in [2.45, 2.75) is 122 Å². The molecular weight excluding hydrogens is 731 g/mol. The maximum atomic E-state index is 17.7. The molecule has 2 aromatic heterocycles. The number of pyridine rings is 1. The monoisotopic (exact) mass is 786 g/mol. The molecule has 300 valence electrons. The van der Waals surface area contributed by atoms with Crippen LogP contribution in [0.1, 0.15) is 117 Å².